The smallest absolute Gasteiger partial charge is 0.261 e. The van der Waals surface area contributed by atoms with Gasteiger partial charge in [-0.3, -0.25) is 9.59 Å². The van der Waals surface area contributed by atoms with Crippen LogP contribution in [-0.4, -0.2) is 31.4 Å². The summed E-state index contributed by atoms with van der Waals surface area (Å²) in [5, 5.41) is 5.35. The van der Waals surface area contributed by atoms with E-state index in [9.17, 15) is 9.59 Å². The number of amides is 2. The highest BCUT2D eigenvalue weighted by molar-refractivity contribution is 7.14. The van der Waals surface area contributed by atoms with E-state index in [0.29, 0.717) is 17.3 Å². The van der Waals surface area contributed by atoms with E-state index in [1.165, 1.54) is 11.3 Å². The summed E-state index contributed by atoms with van der Waals surface area (Å²) in [6.45, 7) is 6.78. The van der Waals surface area contributed by atoms with Crippen LogP contribution in [0.5, 0.6) is 0 Å². The second kappa shape index (κ2) is 8.45. The zero-order valence-electron chi connectivity index (χ0n) is 12.6. The van der Waals surface area contributed by atoms with Crippen molar-refractivity contribution in [3.8, 4) is 11.8 Å². The van der Waals surface area contributed by atoms with E-state index in [0.717, 1.165) is 10.4 Å². The molecule has 0 atom stereocenters. The van der Waals surface area contributed by atoms with Gasteiger partial charge < -0.3 is 16.4 Å². The lowest BCUT2D eigenvalue weighted by Gasteiger charge is -2.07. The molecular weight excluding hydrogens is 286 g/mol. The SMILES string of the molecule is Cc1cc(C(=O)NCC(=O)NCC(C)C)sc1C#CCN. The molecule has 0 bridgehead atoms. The average Bonchev–Trinajstić information content (AvgIpc) is 2.81. The summed E-state index contributed by atoms with van der Waals surface area (Å²) >= 11 is 1.30. The maximum absolute atomic E-state index is 12.0. The largest absolute Gasteiger partial charge is 0.354 e. The lowest BCUT2D eigenvalue weighted by Crippen LogP contribution is -2.38. The summed E-state index contributed by atoms with van der Waals surface area (Å²) in [6.07, 6.45) is 0. The quantitative estimate of drug-likeness (QED) is 0.706. The van der Waals surface area contributed by atoms with Crippen LogP contribution >= 0.6 is 11.3 Å². The Bertz CT molecular complexity index is 567. The van der Waals surface area contributed by atoms with Crippen molar-refractivity contribution in [1.29, 1.82) is 0 Å². The summed E-state index contributed by atoms with van der Waals surface area (Å²) < 4.78 is 0. The van der Waals surface area contributed by atoms with Gasteiger partial charge in [0.2, 0.25) is 5.91 Å². The first-order valence-corrected chi connectivity index (χ1v) is 7.60. The van der Waals surface area contributed by atoms with Crippen molar-refractivity contribution in [3.05, 3.63) is 21.4 Å². The first-order chi connectivity index (χ1) is 9.93. The zero-order valence-corrected chi connectivity index (χ0v) is 13.4. The molecule has 0 aliphatic heterocycles. The molecule has 4 N–H and O–H groups in total. The van der Waals surface area contributed by atoms with Crippen molar-refractivity contribution in [2.24, 2.45) is 11.7 Å². The van der Waals surface area contributed by atoms with Gasteiger partial charge in [-0.15, -0.1) is 11.3 Å². The molecule has 114 valence electrons. The van der Waals surface area contributed by atoms with E-state index in [1.54, 1.807) is 6.07 Å². The van der Waals surface area contributed by atoms with Gasteiger partial charge in [-0.25, -0.2) is 0 Å². The fourth-order valence-corrected chi connectivity index (χ4v) is 2.44. The van der Waals surface area contributed by atoms with Crippen molar-refractivity contribution in [3.63, 3.8) is 0 Å². The molecule has 2 amide bonds. The molecule has 0 spiro atoms. The molecular formula is C15H21N3O2S. The summed E-state index contributed by atoms with van der Waals surface area (Å²) in [7, 11) is 0. The standard InChI is InChI=1S/C15H21N3O2S/c1-10(2)8-17-14(19)9-18-15(20)13-7-11(3)12(21-13)5-4-6-16/h7,10H,6,8-9,16H2,1-3H3,(H,17,19)(H,18,20). The zero-order chi connectivity index (χ0) is 15.8. The van der Waals surface area contributed by atoms with E-state index in [2.05, 4.69) is 22.5 Å². The number of carbonyl (C=O) groups is 2. The molecule has 0 aromatic carbocycles. The van der Waals surface area contributed by atoms with Crippen LogP contribution in [0.25, 0.3) is 0 Å². The van der Waals surface area contributed by atoms with Gasteiger partial charge in [0.05, 0.1) is 22.8 Å². The molecule has 1 aromatic heterocycles. The third-order valence-corrected chi connectivity index (χ3v) is 3.71. The van der Waals surface area contributed by atoms with E-state index in [-0.39, 0.29) is 24.9 Å². The monoisotopic (exact) mass is 307 g/mol. The molecule has 5 nitrogen and oxygen atoms in total. The number of nitrogens with one attached hydrogen (secondary N) is 2. The Kier molecular flexibility index (Phi) is 6.92. The first-order valence-electron chi connectivity index (χ1n) is 6.78. The van der Waals surface area contributed by atoms with Crippen LogP contribution in [0.3, 0.4) is 0 Å². The second-order valence-corrected chi connectivity index (χ2v) is 6.06. The molecule has 1 heterocycles. The fourth-order valence-electron chi connectivity index (χ4n) is 1.48. The van der Waals surface area contributed by atoms with Gasteiger partial charge in [-0.05, 0) is 24.5 Å². The van der Waals surface area contributed by atoms with Crippen molar-refractivity contribution in [2.75, 3.05) is 19.6 Å². The second-order valence-electron chi connectivity index (χ2n) is 5.01. The highest BCUT2D eigenvalue weighted by atomic mass is 32.1. The molecule has 1 aromatic rings. The molecule has 0 aliphatic rings. The number of hydrogen-bond acceptors (Lipinski definition) is 4. The number of rotatable bonds is 5. The minimum absolute atomic E-state index is 0.0215. The van der Waals surface area contributed by atoms with Crippen LogP contribution in [0.2, 0.25) is 0 Å². The number of hydrogen-bond donors (Lipinski definition) is 3. The van der Waals surface area contributed by atoms with Crippen LogP contribution in [-0.2, 0) is 4.79 Å². The maximum atomic E-state index is 12.0. The first kappa shape index (κ1) is 17.2. The number of aryl methyl sites for hydroxylation is 1. The topological polar surface area (TPSA) is 84.2 Å². The summed E-state index contributed by atoms with van der Waals surface area (Å²) in [4.78, 5) is 24.9. The number of nitrogens with two attached hydrogens (primary N) is 1. The van der Waals surface area contributed by atoms with Crippen LogP contribution < -0.4 is 16.4 Å². The Balaban J connectivity index is 2.54. The Labute approximate surface area is 129 Å². The van der Waals surface area contributed by atoms with Crippen molar-refractivity contribution >= 4 is 23.2 Å². The van der Waals surface area contributed by atoms with Gasteiger partial charge in [-0.2, -0.15) is 0 Å². The van der Waals surface area contributed by atoms with E-state index < -0.39 is 0 Å². The summed E-state index contributed by atoms with van der Waals surface area (Å²) in [6, 6.07) is 1.77. The minimum Gasteiger partial charge on any atom is -0.354 e. The Morgan fingerprint density at radius 3 is 2.71 bits per heavy atom. The average molecular weight is 307 g/mol. The molecule has 21 heavy (non-hydrogen) atoms. The van der Waals surface area contributed by atoms with Gasteiger partial charge in [0, 0.05) is 6.54 Å². The van der Waals surface area contributed by atoms with Crippen molar-refractivity contribution in [2.45, 2.75) is 20.8 Å². The molecule has 0 unspecified atom stereocenters. The van der Waals surface area contributed by atoms with E-state index in [4.69, 9.17) is 5.73 Å². The molecule has 0 radical (unpaired) electrons. The molecule has 0 fully saturated rings. The van der Waals surface area contributed by atoms with E-state index in [1.807, 2.05) is 20.8 Å². The predicted octanol–water partition coefficient (Wildman–Crippen LogP) is 0.869. The van der Waals surface area contributed by atoms with Crippen LogP contribution in [0.4, 0.5) is 0 Å². The lowest BCUT2D eigenvalue weighted by atomic mass is 10.2. The van der Waals surface area contributed by atoms with Crippen LogP contribution in [0, 0.1) is 24.7 Å². The van der Waals surface area contributed by atoms with Crippen molar-refractivity contribution in [1.82, 2.24) is 10.6 Å². The Hall–Kier alpha value is -1.84. The normalized spacial score (nSPS) is 9.95. The summed E-state index contributed by atoms with van der Waals surface area (Å²) in [5.74, 6) is 5.63. The highest BCUT2D eigenvalue weighted by Crippen LogP contribution is 2.20. The van der Waals surface area contributed by atoms with E-state index >= 15 is 0 Å². The lowest BCUT2D eigenvalue weighted by molar-refractivity contribution is -0.120. The van der Waals surface area contributed by atoms with Gasteiger partial charge in [-0.1, -0.05) is 25.7 Å². The minimum atomic E-state index is -0.261. The van der Waals surface area contributed by atoms with Gasteiger partial charge in [0.15, 0.2) is 0 Å². The molecule has 1 rings (SSSR count). The number of carbonyl (C=O) groups excluding carboxylic acids is 2. The predicted molar refractivity (Wildman–Crippen MR) is 85.2 cm³/mol. The number of thiophene rings is 1. The fraction of sp³-hybridized carbons (Fsp3) is 0.467. The molecule has 0 saturated carbocycles. The highest BCUT2D eigenvalue weighted by Gasteiger charge is 2.12. The molecule has 0 aliphatic carbocycles. The van der Waals surface area contributed by atoms with Gasteiger partial charge in [0.1, 0.15) is 0 Å². The van der Waals surface area contributed by atoms with Gasteiger partial charge in [0.25, 0.3) is 5.91 Å². The van der Waals surface area contributed by atoms with Crippen LogP contribution in [0.15, 0.2) is 6.07 Å². The van der Waals surface area contributed by atoms with Gasteiger partial charge >= 0.3 is 0 Å². The third-order valence-electron chi connectivity index (χ3n) is 2.56. The van der Waals surface area contributed by atoms with Crippen molar-refractivity contribution < 1.29 is 9.59 Å². The molecule has 6 heteroatoms. The third kappa shape index (κ3) is 5.98. The summed E-state index contributed by atoms with van der Waals surface area (Å²) in [5.41, 5.74) is 6.27. The molecule has 0 saturated heterocycles. The Morgan fingerprint density at radius 1 is 1.38 bits per heavy atom. The van der Waals surface area contributed by atoms with Crippen LogP contribution in [0.1, 0.15) is 34.0 Å². The Morgan fingerprint density at radius 2 is 2.10 bits per heavy atom. The maximum Gasteiger partial charge on any atom is 0.261 e.